The van der Waals surface area contributed by atoms with E-state index in [1.54, 1.807) is 19.2 Å². The van der Waals surface area contributed by atoms with Crippen LogP contribution in [0.5, 0.6) is 11.5 Å². The van der Waals surface area contributed by atoms with Crippen molar-refractivity contribution in [1.82, 2.24) is 0 Å². The van der Waals surface area contributed by atoms with E-state index in [9.17, 15) is 9.90 Å². The van der Waals surface area contributed by atoms with Crippen LogP contribution < -0.4 is 4.74 Å². The van der Waals surface area contributed by atoms with Crippen LogP contribution in [0.3, 0.4) is 0 Å². The number of phenolic OH excluding ortho intramolecular Hbond substituents is 1. The van der Waals surface area contributed by atoms with Crippen LogP contribution in [0.2, 0.25) is 0 Å². The molecule has 0 saturated heterocycles. The van der Waals surface area contributed by atoms with Crippen molar-refractivity contribution < 1.29 is 19.4 Å². The number of aromatic hydroxyl groups is 1. The monoisotopic (exact) mass is 284 g/mol. The highest BCUT2D eigenvalue weighted by atomic mass is 16.5. The summed E-state index contributed by atoms with van der Waals surface area (Å²) in [6.45, 7) is 0. The maximum atomic E-state index is 11.5. The number of ether oxygens (including phenoxy) is 2. The minimum Gasteiger partial charge on any atom is -0.508 e. The number of phenols is 1. The van der Waals surface area contributed by atoms with Gasteiger partial charge >= 0.3 is 5.97 Å². The topological polar surface area (TPSA) is 55.8 Å². The number of methoxy groups -OCH3 is 2. The van der Waals surface area contributed by atoms with Crippen molar-refractivity contribution in [2.75, 3.05) is 14.2 Å². The Hall–Kier alpha value is -2.75. The van der Waals surface area contributed by atoms with Gasteiger partial charge in [0.1, 0.15) is 11.5 Å². The summed E-state index contributed by atoms with van der Waals surface area (Å²) in [5.41, 5.74) is 2.01. The number of carbonyl (C=O) groups excluding carboxylic acids is 1. The van der Waals surface area contributed by atoms with Crippen molar-refractivity contribution in [1.29, 1.82) is 0 Å². The Balaban J connectivity index is 2.23. The first-order chi connectivity index (χ1) is 10.1. The van der Waals surface area contributed by atoms with Gasteiger partial charge in [0.05, 0.1) is 19.8 Å². The third-order valence-electron chi connectivity index (χ3n) is 2.95. The average Bonchev–Trinajstić information content (AvgIpc) is 2.52. The van der Waals surface area contributed by atoms with Crippen molar-refractivity contribution in [3.63, 3.8) is 0 Å². The van der Waals surface area contributed by atoms with Crippen molar-refractivity contribution in [2.24, 2.45) is 0 Å². The summed E-state index contributed by atoms with van der Waals surface area (Å²) in [5.74, 6) is 0.328. The first kappa shape index (κ1) is 14.7. The molecular formula is C17H16O4. The molecule has 0 bridgehead atoms. The SMILES string of the molecule is COC(=O)c1cc(O)cc(/C=C/c2ccc(OC)cc2)c1. The molecular weight excluding hydrogens is 268 g/mol. The Morgan fingerprint density at radius 3 is 2.29 bits per heavy atom. The molecule has 0 atom stereocenters. The lowest BCUT2D eigenvalue weighted by molar-refractivity contribution is 0.0600. The van der Waals surface area contributed by atoms with Crippen molar-refractivity contribution in [3.05, 3.63) is 59.2 Å². The van der Waals surface area contributed by atoms with Crippen LogP contribution in [0.25, 0.3) is 12.2 Å². The molecule has 0 spiro atoms. The van der Waals surface area contributed by atoms with E-state index >= 15 is 0 Å². The highest BCUT2D eigenvalue weighted by molar-refractivity contribution is 5.91. The van der Waals surface area contributed by atoms with E-state index < -0.39 is 5.97 Å². The minimum atomic E-state index is -0.481. The highest BCUT2D eigenvalue weighted by Gasteiger charge is 2.07. The van der Waals surface area contributed by atoms with Crippen LogP contribution in [-0.4, -0.2) is 25.3 Å². The van der Waals surface area contributed by atoms with Crippen LogP contribution in [0, 0.1) is 0 Å². The summed E-state index contributed by atoms with van der Waals surface area (Å²) in [4.78, 5) is 11.5. The lowest BCUT2D eigenvalue weighted by Crippen LogP contribution is -2.00. The molecule has 0 aliphatic rings. The highest BCUT2D eigenvalue weighted by Crippen LogP contribution is 2.19. The van der Waals surface area contributed by atoms with Gasteiger partial charge in [0.15, 0.2) is 0 Å². The zero-order chi connectivity index (χ0) is 15.2. The molecule has 0 aliphatic heterocycles. The number of benzene rings is 2. The zero-order valence-corrected chi connectivity index (χ0v) is 11.9. The minimum absolute atomic E-state index is 0.0206. The molecule has 0 radical (unpaired) electrons. The van der Waals surface area contributed by atoms with Gasteiger partial charge in [-0.25, -0.2) is 4.79 Å². The molecule has 0 unspecified atom stereocenters. The third kappa shape index (κ3) is 3.86. The van der Waals surface area contributed by atoms with Crippen molar-refractivity contribution in [3.8, 4) is 11.5 Å². The standard InChI is InChI=1S/C17H16O4/c1-20-16-7-5-12(6-8-16)3-4-13-9-14(17(19)21-2)11-15(18)10-13/h3-11,18H,1-2H3/b4-3+. The van der Waals surface area contributed by atoms with Gasteiger partial charge in [0.25, 0.3) is 0 Å². The molecule has 0 aliphatic carbocycles. The lowest BCUT2D eigenvalue weighted by atomic mass is 10.1. The molecule has 2 aromatic rings. The van der Waals surface area contributed by atoms with Crippen molar-refractivity contribution in [2.45, 2.75) is 0 Å². The Morgan fingerprint density at radius 1 is 1.00 bits per heavy atom. The molecule has 4 nitrogen and oxygen atoms in total. The van der Waals surface area contributed by atoms with Crippen LogP contribution in [-0.2, 0) is 4.74 Å². The van der Waals surface area contributed by atoms with E-state index in [2.05, 4.69) is 4.74 Å². The molecule has 0 aromatic heterocycles. The number of carbonyl (C=O) groups is 1. The lowest BCUT2D eigenvalue weighted by Gasteiger charge is -2.03. The molecule has 108 valence electrons. The van der Waals surface area contributed by atoms with Gasteiger partial charge in [-0.2, -0.15) is 0 Å². The quantitative estimate of drug-likeness (QED) is 0.691. The van der Waals surface area contributed by atoms with E-state index in [0.717, 1.165) is 11.3 Å². The van der Waals surface area contributed by atoms with Gasteiger partial charge in [-0.1, -0.05) is 24.3 Å². The van der Waals surface area contributed by atoms with Gasteiger partial charge < -0.3 is 14.6 Å². The summed E-state index contributed by atoms with van der Waals surface area (Å²) in [7, 11) is 2.92. The maximum absolute atomic E-state index is 11.5. The second kappa shape index (κ2) is 6.61. The van der Waals surface area contributed by atoms with Crippen LogP contribution in [0.15, 0.2) is 42.5 Å². The van der Waals surface area contributed by atoms with E-state index in [4.69, 9.17) is 4.74 Å². The molecule has 0 saturated carbocycles. The Morgan fingerprint density at radius 2 is 1.67 bits per heavy atom. The van der Waals surface area contributed by atoms with E-state index in [-0.39, 0.29) is 5.75 Å². The van der Waals surface area contributed by atoms with E-state index in [0.29, 0.717) is 11.1 Å². The fraction of sp³-hybridized carbons (Fsp3) is 0.118. The predicted octanol–water partition coefficient (Wildman–Crippen LogP) is 3.36. The van der Waals surface area contributed by atoms with Crippen LogP contribution >= 0.6 is 0 Å². The normalized spacial score (nSPS) is 10.6. The van der Waals surface area contributed by atoms with Crippen molar-refractivity contribution >= 4 is 18.1 Å². The molecule has 0 amide bonds. The molecule has 2 aromatic carbocycles. The molecule has 0 heterocycles. The van der Waals surface area contributed by atoms with Gasteiger partial charge in [0.2, 0.25) is 0 Å². The van der Waals surface area contributed by atoms with Gasteiger partial charge in [0, 0.05) is 0 Å². The van der Waals surface area contributed by atoms with Gasteiger partial charge in [-0.05, 0) is 41.5 Å². The maximum Gasteiger partial charge on any atom is 0.338 e. The average molecular weight is 284 g/mol. The van der Waals surface area contributed by atoms with Gasteiger partial charge in [-0.15, -0.1) is 0 Å². The number of rotatable bonds is 4. The molecule has 2 rings (SSSR count). The number of hydrogen-bond donors (Lipinski definition) is 1. The number of hydrogen-bond acceptors (Lipinski definition) is 4. The van der Waals surface area contributed by atoms with Crippen LogP contribution in [0.4, 0.5) is 0 Å². The first-order valence-electron chi connectivity index (χ1n) is 6.37. The van der Waals surface area contributed by atoms with Crippen LogP contribution in [0.1, 0.15) is 21.5 Å². The summed E-state index contributed by atoms with van der Waals surface area (Å²) in [6.07, 6.45) is 3.70. The third-order valence-corrected chi connectivity index (χ3v) is 2.95. The number of esters is 1. The largest absolute Gasteiger partial charge is 0.508 e. The summed E-state index contributed by atoms with van der Waals surface area (Å²) >= 11 is 0. The first-order valence-corrected chi connectivity index (χ1v) is 6.37. The smallest absolute Gasteiger partial charge is 0.338 e. The molecule has 4 heteroatoms. The zero-order valence-electron chi connectivity index (χ0n) is 11.9. The van der Waals surface area contributed by atoms with Gasteiger partial charge in [-0.3, -0.25) is 0 Å². The molecule has 21 heavy (non-hydrogen) atoms. The summed E-state index contributed by atoms with van der Waals surface area (Å²) < 4.78 is 9.74. The van der Waals surface area contributed by atoms with E-state index in [1.165, 1.54) is 13.2 Å². The fourth-order valence-electron chi connectivity index (χ4n) is 1.87. The summed E-state index contributed by atoms with van der Waals surface area (Å²) in [6, 6.07) is 12.2. The molecule has 0 fully saturated rings. The molecule has 1 N–H and O–H groups in total. The Labute approximate surface area is 123 Å². The summed E-state index contributed by atoms with van der Waals surface area (Å²) in [5, 5.41) is 9.65. The fourth-order valence-corrected chi connectivity index (χ4v) is 1.87. The predicted molar refractivity (Wildman–Crippen MR) is 81.4 cm³/mol. The Kier molecular flexibility index (Phi) is 4.61. The second-order valence-electron chi connectivity index (χ2n) is 4.41. The van der Waals surface area contributed by atoms with E-state index in [1.807, 2.05) is 36.4 Å². The Bertz CT molecular complexity index is 657. The second-order valence-corrected chi connectivity index (χ2v) is 4.41.